The van der Waals surface area contributed by atoms with Crippen molar-refractivity contribution in [3.05, 3.63) is 29.6 Å². The van der Waals surface area contributed by atoms with Crippen LogP contribution in [0.5, 0.6) is 0 Å². The average molecular weight is 366 g/mol. The van der Waals surface area contributed by atoms with Gasteiger partial charge in [-0.25, -0.2) is 26.4 Å². The third kappa shape index (κ3) is 4.18. The molecule has 1 unspecified atom stereocenters. The lowest BCUT2D eigenvalue weighted by molar-refractivity contribution is 0.140. The van der Waals surface area contributed by atoms with Crippen LogP contribution in [0.4, 0.5) is 23.7 Å². The lowest BCUT2D eigenvalue weighted by Gasteiger charge is -2.28. The SMILES string of the molecule is COCCN(C(=O)Nc1ccc(F)c(F)c1F)C1CCS(=O)(=O)C1. The predicted molar refractivity (Wildman–Crippen MR) is 81.0 cm³/mol. The molecule has 2 rings (SSSR count). The van der Waals surface area contributed by atoms with Crippen molar-refractivity contribution in [3.63, 3.8) is 0 Å². The van der Waals surface area contributed by atoms with Crippen LogP contribution in [0.1, 0.15) is 6.42 Å². The van der Waals surface area contributed by atoms with Crippen LogP contribution < -0.4 is 5.32 Å². The zero-order chi connectivity index (χ0) is 17.9. The van der Waals surface area contributed by atoms with Crippen LogP contribution in [0.25, 0.3) is 0 Å². The van der Waals surface area contributed by atoms with E-state index in [-0.39, 0.29) is 31.1 Å². The van der Waals surface area contributed by atoms with Crippen LogP contribution in [-0.2, 0) is 14.6 Å². The monoisotopic (exact) mass is 366 g/mol. The van der Waals surface area contributed by atoms with Gasteiger partial charge in [0.2, 0.25) is 0 Å². The summed E-state index contributed by atoms with van der Waals surface area (Å²) in [5, 5.41) is 2.15. The van der Waals surface area contributed by atoms with Gasteiger partial charge in [0, 0.05) is 19.7 Å². The maximum Gasteiger partial charge on any atom is 0.322 e. The molecule has 0 saturated carbocycles. The number of carbonyl (C=O) groups is 1. The number of benzene rings is 1. The number of sulfone groups is 1. The van der Waals surface area contributed by atoms with E-state index in [2.05, 4.69) is 5.32 Å². The Bertz CT molecular complexity index is 727. The summed E-state index contributed by atoms with van der Waals surface area (Å²) in [6.07, 6.45) is 0.250. The van der Waals surface area contributed by atoms with Crippen molar-refractivity contribution >= 4 is 21.6 Å². The maximum atomic E-state index is 13.7. The lowest BCUT2D eigenvalue weighted by Crippen LogP contribution is -2.45. The van der Waals surface area contributed by atoms with Crippen molar-refractivity contribution in [1.29, 1.82) is 0 Å². The van der Waals surface area contributed by atoms with Gasteiger partial charge in [-0.15, -0.1) is 0 Å². The Balaban J connectivity index is 2.18. The largest absolute Gasteiger partial charge is 0.383 e. The number of methoxy groups -OCH3 is 1. The molecule has 0 aromatic heterocycles. The summed E-state index contributed by atoms with van der Waals surface area (Å²) in [5.41, 5.74) is -0.526. The van der Waals surface area contributed by atoms with E-state index in [4.69, 9.17) is 4.74 Å². The highest BCUT2D eigenvalue weighted by molar-refractivity contribution is 7.91. The van der Waals surface area contributed by atoms with Gasteiger partial charge >= 0.3 is 6.03 Å². The van der Waals surface area contributed by atoms with E-state index in [0.717, 1.165) is 6.07 Å². The number of nitrogens with zero attached hydrogens (tertiary/aromatic N) is 1. The van der Waals surface area contributed by atoms with Gasteiger partial charge in [-0.05, 0) is 18.6 Å². The Morgan fingerprint density at radius 2 is 2.04 bits per heavy atom. The first-order valence-electron chi connectivity index (χ1n) is 7.15. The molecule has 0 bridgehead atoms. The molecular formula is C14H17F3N2O4S. The van der Waals surface area contributed by atoms with Crippen molar-refractivity contribution in [2.75, 3.05) is 37.1 Å². The highest BCUT2D eigenvalue weighted by Gasteiger charge is 2.34. The fourth-order valence-corrected chi connectivity index (χ4v) is 4.20. The quantitative estimate of drug-likeness (QED) is 0.806. The summed E-state index contributed by atoms with van der Waals surface area (Å²) >= 11 is 0. The molecule has 1 aromatic carbocycles. The summed E-state index contributed by atoms with van der Waals surface area (Å²) in [4.78, 5) is 13.5. The minimum absolute atomic E-state index is 0.0477. The number of nitrogens with one attached hydrogen (secondary N) is 1. The van der Waals surface area contributed by atoms with Crippen molar-refractivity contribution in [2.45, 2.75) is 12.5 Å². The number of halogens is 3. The van der Waals surface area contributed by atoms with Crippen LogP contribution in [0.3, 0.4) is 0 Å². The molecule has 1 heterocycles. The van der Waals surface area contributed by atoms with Gasteiger partial charge in [0.1, 0.15) is 0 Å². The zero-order valence-electron chi connectivity index (χ0n) is 12.9. The first kappa shape index (κ1) is 18.5. The molecule has 0 aliphatic carbocycles. The zero-order valence-corrected chi connectivity index (χ0v) is 13.7. The molecule has 1 atom stereocenters. The van der Waals surface area contributed by atoms with Crippen LogP contribution in [0, 0.1) is 17.5 Å². The Morgan fingerprint density at radius 1 is 1.33 bits per heavy atom. The summed E-state index contributed by atoms with van der Waals surface area (Å²) in [6, 6.07) is 0.191. The molecule has 1 fully saturated rings. The molecule has 6 nitrogen and oxygen atoms in total. The van der Waals surface area contributed by atoms with E-state index in [9.17, 15) is 26.4 Å². The third-order valence-electron chi connectivity index (χ3n) is 3.72. The Morgan fingerprint density at radius 3 is 2.62 bits per heavy atom. The van der Waals surface area contributed by atoms with Gasteiger partial charge < -0.3 is 15.0 Å². The predicted octanol–water partition coefficient (Wildman–Crippen LogP) is 1.77. The van der Waals surface area contributed by atoms with Crippen molar-refractivity contribution in [3.8, 4) is 0 Å². The molecule has 0 radical (unpaired) electrons. The number of amides is 2. The van der Waals surface area contributed by atoms with Gasteiger partial charge in [0.15, 0.2) is 27.3 Å². The summed E-state index contributed by atoms with van der Waals surface area (Å²) in [5.74, 6) is -4.84. The first-order chi connectivity index (χ1) is 11.2. The molecule has 0 spiro atoms. The smallest absolute Gasteiger partial charge is 0.322 e. The highest BCUT2D eigenvalue weighted by atomic mass is 32.2. The van der Waals surface area contributed by atoms with Crippen LogP contribution in [-0.4, -0.2) is 57.2 Å². The van der Waals surface area contributed by atoms with E-state index >= 15 is 0 Å². The van der Waals surface area contributed by atoms with Crippen LogP contribution >= 0.6 is 0 Å². The summed E-state index contributed by atoms with van der Waals surface area (Å²) < 4.78 is 67.9. The van der Waals surface area contributed by atoms with Gasteiger partial charge in [0.05, 0.1) is 23.8 Å². The molecule has 1 saturated heterocycles. The van der Waals surface area contributed by atoms with Gasteiger partial charge in [-0.2, -0.15) is 0 Å². The number of carbonyl (C=O) groups excluding carboxylic acids is 1. The normalized spacial score (nSPS) is 19.2. The minimum atomic E-state index is -3.24. The fourth-order valence-electron chi connectivity index (χ4n) is 2.47. The highest BCUT2D eigenvalue weighted by Crippen LogP contribution is 2.22. The molecule has 24 heavy (non-hydrogen) atoms. The molecule has 10 heteroatoms. The molecule has 1 aliphatic heterocycles. The fraction of sp³-hybridized carbons (Fsp3) is 0.500. The first-order valence-corrected chi connectivity index (χ1v) is 8.98. The molecule has 1 aromatic rings. The molecule has 134 valence electrons. The number of ether oxygens (including phenoxy) is 1. The Kier molecular flexibility index (Phi) is 5.70. The van der Waals surface area contributed by atoms with Gasteiger partial charge in [-0.3, -0.25) is 0 Å². The van der Waals surface area contributed by atoms with Crippen molar-refractivity contribution < 1.29 is 31.1 Å². The van der Waals surface area contributed by atoms with E-state index in [1.165, 1.54) is 12.0 Å². The molecule has 2 amide bonds. The number of hydrogen-bond donors (Lipinski definition) is 1. The lowest BCUT2D eigenvalue weighted by atomic mass is 10.2. The Hall–Kier alpha value is -1.81. The van der Waals surface area contributed by atoms with Crippen LogP contribution in [0.15, 0.2) is 12.1 Å². The van der Waals surface area contributed by atoms with Gasteiger partial charge in [0.25, 0.3) is 0 Å². The molecular weight excluding hydrogens is 349 g/mol. The maximum absolute atomic E-state index is 13.7. The summed E-state index contributed by atoms with van der Waals surface area (Å²) in [6.45, 7) is 0.220. The average Bonchev–Trinajstić information content (AvgIpc) is 2.88. The standard InChI is InChI=1S/C14H17F3N2O4S/c1-23-6-5-19(9-4-7-24(21,22)8-9)14(20)18-11-3-2-10(15)12(16)13(11)17/h2-3,9H,4-8H2,1H3,(H,18,20). The second kappa shape index (κ2) is 7.39. The number of hydrogen-bond acceptors (Lipinski definition) is 4. The second-order valence-electron chi connectivity index (χ2n) is 5.40. The Labute approximate surface area is 137 Å². The van der Waals surface area contributed by atoms with E-state index in [1.807, 2.05) is 0 Å². The summed E-state index contributed by atoms with van der Waals surface area (Å²) in [7, 11) is -1.83. The molecule has 1 N–H and O–H groups in total. The molecule has 1 aliphatic rings. The van der Waals surface area contributed by atoms with E-state index in [1.54, 1.807) is 0 Å². The number of urea groups is 1. The van der Waals surface area contributed by atoms with Crippen molar-refractivity contribution in [2.24, 2.45) is 0 Å². The second-order valence-corrected chi connectivity index (χ2v) is 7.62. The van der Waals surface area contributed by atoms with E-state index in [0.29, 0.717) is 6.07 Å². The number of rotatable bonds is 5. The van der Waals surface area contributed by atoms with E-state index < -0.39 is 45.0 Å². The topological polar surface area (TPSA) is 75.7 Å². The third-order valence-corrected chi connectivity index (χ3v) is 5.47. The minimum Gasteiger partial charge on any atom is -0.383 e. The van der Waals surface area contributed by atoms with Crippen molar-refractivity contribution in [1.82, 2.24) is 4.90 Å². The van der Waals surface area contributed by atoms with Gasteiger partial charge in [-0.1, -0.05) is 0 Å². The number of anilines is 1. The van der Waals surface area contributed by atoms with Crippen LogP contribution in [0.2, 0.25) is 0 Å².